The van der Waals surface area contributed by atoms with E-state index < -0.39 is 24.3 Å². The molecule has 0 aromatic heterocycles. The topological polar surface area (TPSA) is 78.9 Å². The van der Waals surface area contributed by atoms with Gasteiger partial charge >= 0.3 is 0 Å². The Morgan fingerprint density at radius 2 is 1.94 bits per heavy atom. The Kier molecular flexibility index (Phi) is 5.84. The van der Waals surface area contributed by atoms with Crippen LogP contribution in [0.15, 0.2) is 5.16 Å². The molecule has 0 rings (SSSR count). The average Bonchev–Trinajstić information content (AvgIpc) is 2.29. The second kappa shape index (κ2) is 6.36. The Balaban J connectivity index is 5.14. The first-order chi connectivity index (χ1) is 7.85. The molecule has 0 aromatic carbocycles. The molecule has 3 N–H and O–H groups in total. The molecule has 0 saturated carbocycles. The highest BCUT2D eigenvalue weighted by Crippen LogP contribution is 2.29. The number of halogens is 2. The molecule has 0 spiro atoms. The number of carbonyl (C=O) groups excluding carboxylic acids is 1. The first-order valence-electron chi connectivity index (χ1n) is 5.37. The van der Waals surface area contributed by atoms with Gasteiger partial charge in [-0.05, 0) is 12.8 Å². The predicted octanol–water partition coefficient (Wildman–Crippen LogP) is 1.26. The minimum atomic E-state index is -2.61. The number of oxime groups is 1. The Morgan fingerprint density at radius 1 is 1.47 bits per heavy atom. The van der Waals surface area contributed by atoms with Crippen LogP contribution in [0.3, 0.4) is 0 Å². The van der Waals surface area contributed by atoms with Crippen LogP contribution < -0.4 is 5.73 Å². The van der Waals surface area contributed by atoms with Crippen molar-refractivity contribution >= 4 is 11.7 Å². The molecule has 0 bridgehead atoms. The van der Waals surface area contributed by atoms with Crippen molar-refractivity contribution in [3.8, 4) is 0 Å². The van der Waals surface area contributed by atoms with Crippen molar-refractivity contribution in [2.24, 2.45) is 16.3 Å². The molecule has 0 atom stereocenters. The lowest BCUT2D eigenvalue weighted by atomic mass is 9.79. The summed E-state index contributed by atoms with van der Waals surface area (Å²) in [7, 11) is 1.28. The van der Waals surface area contributed by atoms with Gasteiger partial charge in [-0.2, -0.15) is 0 Å². The summed E-state index contributed by atoms with van der Waals surface area (Å²) in [6.07, 6.45) is -2.04. The maximum Gasteiger partial charge on any atom is 0.255 e. The van der Waals surface area contributed by atoms with Gasteiger partial charge in [-0.3, -0.25) is 4.79 Å². The number of alkyl halides is 2. The van der Waals surface area contributed by atoms with E-state index in [-0.39, 0.29) is 18.7 Å². The van der Waals surface area contributed by atoms with Gasteiger partial charge < -0.3 is 15.8 Å². The molecule has 5 nitrogen and oxygen atoms in total. The maximum absolute atomic E-state index is 12.2. The average molecular weight is 251 g/mol. The Morgan fingerprint density at radius 3 is 2.24 bits per heavy atom. The van der Waals surface area contributed by atoms with Crippen molar-refractivity contribution in [1.29, 1.82) is 0 Å². The normalized spacial score (nSPS) is 12.9. The van der Waals surface area contributed by atoms with Crippen LogP contribution in [0.4, 0.5) is 8.78 Å². The molecule has 0 heterocycles. The van der Waals surface area contributed by atoms with E-state index in [2.05, 4.69) is 5.16 Å². The van der Waals surface area contributed by atoms with Crippen molar-refractivity contribution in [1.82, 2.24) is 4.90 Å². The SMILES string of the molecule is CCC(CC)(C(=O)N(C)CC(F)F)C(N)=NO. The van der Waals surface area contributed by atoms with E-state index in [1.807, 2.05) is 0 Å². The van der Waals surface area contributed by atoms with E-state index in [4.69, 9.17) is 10.9 Å². The van der Waals surface area contributed by atoms with Gasteiger partial charge in [-0.15, -0.1) is 0 Å². The summed E-state index contributed by atoms with van der Waals surface area (Å²) in [5.74, 6) is -0.799. The Bertz CT molecular complexity index is 291. The smallest absolute Gasteiger partial charge is 0.255 e. The summed E-state index contributed by atoms with van der Waals surface area (Å²) >= 11 is 0. The largest absolute Gasteiger partial charge is 0.409 e. The predicted molar refractivity (Wildman–Crippen MR) is 60.1 cm³/mol. The van der Waals surface area contributed by atoms with Crippen molar-refractivity contribution in [2.45, 2.75) is 33.1 Å². The highest BCUT2D eigenvalue weighted by Gasteiger charge is 2.42. The molecule has 0 fully saturated rings. The van der Waals surface area contributed by atoms with Gasteiger partial charge in [0.05, 0.1) is 6.54 Å². The molecule has 0 saturated heterocycles. The van der Waals surface area contributed by atoms with E-state index in [0.29, 0.717) is 0 Å². The number of amides is 1. The third-order valence-corrected chi connectivity index (χ3v) is 2.97. The second-order valence-electron chi connectivity index (χ2n) is 3.85. The number of carbonyl (C=O) groups is 1. The van der Waals surface area contributed by atoms with E-state index in [9.17, 15) is 13.6 Å². The van der Waals surface area contributed by atoms with Crippen molar-refractivity contribution in [3.63, 3.8) is 0 Å². The van der Waals surface area contributed by atoms with Gasteiger partial charge in [0.2, 0.25) is 5.91 Å². The molecule has 17 heavy (non-hydrogen) atoms. The van der Waals surface area contributed by atoms with Crippen molar-refractivity contribution in [3.05, 3.63) is 0 Å². The molecule has 0 aliphatic carbocycles. The van der Waals surface area contributed by atoms with Gasteiger partial charge in [-0.1, -0.05) is 19.0 Å². The standard InChI is InChI=1S/C10H19F2N3O2/c1-4-10(5-2,8(13)14-17)9(16)15(3)6-7(11)12/h7,17H,4-6H2,1-3H3,(H2,13,14). The number of hydrogen-bond donors (Lipinski definition) is 2. The summed E-state index contributed by atoms with van der Waals surface area (Å²) in [4.78, 5) is 13.0. The van der Waals surface area contributed by atoms with Gasteiger partial charge in [0, 0.05) is 7.05 Å². The lowest BCUT2D eigenvalue weighted by Gasteiger charge is -2.32. The van der Waals surface area contributed by atoms with Crippen LogP contribution in [-0.2, 0) is 4.79 Å². The number of nitrogens with two attached hydrogens (primary N) is 1. The second-order valence-corrected chi connectivity index (χ2v) is 3.85. The van der Waals surface area contributed by atoms with Gasteiger partial charge in [-0.25, -0.2) is 8.78 Å². The van der Waals surface area contributed by atoms with E-state index in [0.717, 1.165) is 4.90 Å². The fraction of sp³-hybridized carbons (Fsp3) is 0.800. The summed E-state index contributed by atoms with van der Waals surface area (Å²) < 4.78 is 24.4. The molecule has 1 amide bonds. The zero-order chi connectivity index (χ0) is 13.6. The van der Waals surface area contributed by atoms with Crippen LogP contribution in [0, 0.1) is 5.41 Å². The number of nitrogens with zero attached hydrogens (tertiary/aromatic N) is 2. The molecule has 7 heteroatoms. The van der Waals surface area contributed by atoms with E-state index in [1.165, 1.54) is 7.05 Å². The molecule has 0 aliphatic rings. The summed E-state index contributed by atoms with van der Waals surface area (Å²) in [6, 6.07) is 0. The zero-order valence-corrected chi connectivity index (χ0v) is 10.3. The van der Waals surface area contributed by atoms with Gasteiger partial charge in [0.1, 0.15) is 5.41 Å². The highest BCUT2D eigenvalue weighted by atomic mass is 19.3. The van der Waals surface area contributed by atoms with Gasteiger partial charge in [0.25, 0.3) is 6.43 Å². The molecule has 0 radical (unpaired) electrons. The van der Waals surface area contributed by atoms with Crippen molar-refractivity contribution < 1.29 is 18.8 Å². The van der Waals surface area contributed by atoms with Gasteiger partial charge in [0.15, 0.2) is 5.84 Å². The van der Waals surface area contributed by atoms with E-state index >= 15 is 0 Å². The third kappa shape index (κ3) is 3.28. The number of amidine groups is 1. The zero-order valence-electron chi connectivity index (χ0n) is 10.3. The first-order valence-corrected chi connectivity index (χ1v) is 5.37. The highest BCUT2D eigenvalue weighted by molar-refractivity contribution is 6.06. The number of hydrogen-bond acceptors (Lipinski definition) is 3. The summed E-state index contributed by atoms with van der Waals surface area (Å²) in [5, 5.41) is 11.5. The molecule has 0 aliphatic heterocycles. The van der Waals surface area contributed by atoms with Crippen LogP contribution in [-0.4, -0.2) is 41.9 Å². The van der Waals surface area contributed by atoms with Crippen LogP contribution in [0.2, 0.25) is 0 Å². The molecule has 0 unspecified atom stereocenters. The Labute approximate surface area is 99.3 Å². The van der Waals surface area contributed by atoms with Crippen LogP contribution in [0.1, 0.15) is 26.7 Å². The molecule has 0 aromatic rings. The molecular formula is C10H19F2N3O2. The van der Waals surface area contributed by atoms with Crippen molar-refractivity contribution in [2.75, 3.05) is 13.6 Å². The van der Waals surface area contributed by atoms with Crippen LogP contribution in [0.25, 0.3) is 0 Å². The minimum Gasteiger partial charge on any atom is -0.409 e. The minimum absolute atomic E-state index is 0.242. The van der Waals surface area contributed by atoms with Crippen LogP contribution >= 0.6 is 0 Å². The maximum atomic E-state index is 12.2. The first kappa shape index (κ1) is 15.6. The quantitative estimate of drug-likeness (QED) is 0.323. The molecular weight excluding hydrogens is 232 g/mol. The fourth-order valence-corrected chi connectivity index (χ4v) is 1.78. The monoisotopic (exact) mass is 251 g/mol. The molecule has 100 valence electrons. The fourth-order valence-electron chi connectivity index (χ4n) is 1.78. The lowest BCUT2D eigenvalue weighted by Crippen LogP contribution is -2.50. The van der Waals surface area contributed by atoms with Crippen LogP contribution in [0.5, 0.6) is 0 Å². The lowest BCUT2D eigenvalue weighted by molar-refractivity contribution is -0.139. The summed E-state index contributed by atoms with van der Waals surface area (Å²) in [6.45, 7) is 2.71. The number of rotatable bonds is 6. The van der Waals surface area contributed by atoms with E-state index in [1.54, 1.807) is 13.8 Å². The third-order valence-electron chi connectivity index (χ3n) is 2.97. The Hall–Kier alpha value is -1.40. The summed E-state index contributed by atoms with van der Waals surface area (Å²) in [5.41, 5.74) is 4.30.